The second kappa shape index (κ2) is 10.1. The van der Waals surface area contributed by atoms with Crippen LogP contribution in [0.15, 0.2) is 66.7 Å². The molecule has 4 nitrogen and oxygen atoms in total. The molecule has 5 heteroatoms. The number of rotatable bonds is 8. The molecule has 0 saturated heterocycles. The first kappa shape index (κ1) is 24.8. The number of aromatic nitrogens is 1. The molecule has 1 aromatic heterocycles. The number of ether oxygens (including phenoxy) is 1. The zero-order chi connectivity index (χ0) is 25.2. The largest absolute Gasteiger partial charge is 0.481 e. The maximum atomic E-state index is 14.3. The molecular weight excluding hydrogens is 439 g/mol. The molecule has 1 heterocycles. The van der Waals surface area contributed by atoms with E-state index in [1.165, 1.54) is 23.3 Å². The van der Waals surface area contributed by atoms with Crippen LogP contribution in [0.3, 0.4) is 0 Å². The van der Waals surface area contributed by atoms with Crippen LogP contribution in [0.5, 0.6) is 5.88 Å². The number of halogens is 1. The van der Waals surface area contributed by atoms with Gasteiger partial charge in [-0.25, -0.2) is 9.37 Å². The number of pyridine rings is 1. The SMILES string of the molecule is COc1nc2ccc(C(O)(CCN(C)C)c3cc(C)cc(F)c3)cc2cc1Cc1ccc(C)cc1. The molecule has 4 rings (SSSR count). The Morgan fingerprint density at radius 2 is 1.66 bits per heavy atom. The lowest BCUT2D eigenvalue weighted by molar-refractivity contribution is 0.0626. The predicted molar refractivity (Wildman–Crippen MR) is 140 cm³/mol. The maximum absolute atomic E-state index is 14.3. The second-order valence-corrected chi connectivity index (χ2v) is 9.66. The van der Waals surface area contributed by atoms with Gasteiger partial charge in [-0.15, -0.1) is 0 Å². The third-order valence-electron chi connectivity index (χ3n) is 6.48. The van der Waals surface area contributed by atoms with Gasteiger partial charge in [-0.2, -0.15) is 0 Å². The van der Waals surface area contributed by atoms with Gasteiger partial charge >= 0.3 is 0 Å². The molecule has 0 amide bonds. The van der Waals surface area contributed by atoms with E-state index in [0.717, 1.165) is 22.0 Å². The van der Waals surface area contributed by atoms with Crippen molar-refractivity contribution in [1.82, 2.24) is 9.88 Å². The van der Waals surface area contributed by atoms with E-state index in [4.69, 9.17) is 9.72 Å². The lowest BCUT2D eigenvalue weighted by Gasteiger charge is -2.31. The molecule has 0 saturated carbocycles. The van der Waals surface area contributed by atoms with Gasteiger partial charge < -0.3 is 14.7 Å². The van der Waals surface area contributed by atoms with Crippen LogP contribution >= 0.6 is 0 Å². The van der Waals surface area contributed by atoms with E-state index in [2.05, 4.69) is 37.3 Å². The minimum atomic E-state index is -1.34. The van der Waals surface area contributed by atoms with Gasteiger partial charge in [0.25, 0.3) is 0 Å². The first-order valence-electron chi connectivity index (χ1n) is 11.9. The van der Waals surface area contributed by atoms with Gasteiger partial charge in [0.15, 0.2) is 0 Å². The van der Waals surface area contributed by atoms with E-state index >= 15 is 0 Å². The van der Waals surface area contributed by atoms with Crippen molar-refractivity contribution in [3.63, 3.8) is 0 Å². The average Bonchev–Trinajstić information content (AvgIpc) is 2.82. The molecule has 1 unspecified atom stereocenters. The summed E-state index contributed by atoms with van der Waals surface area (Å²) in [6.45, 7) is 4.55. The third-order valence-corrected chi connectivity index (χ3v) is 6.48. The Hall–Kier alpha value is -3.28. The van der Waals surface area contributed by atoms with E-state index in [1.807, 2.05) is 50.2 Å². The molecule has 0 spiro atoms. The summed E-state index contributed by atoms with van der Waals surface area (Å²) in [5, 5.41) is 12.9. The number of methoxy groups -OCH3 is 1. The van der Waals surface area contributed by atoms with Crippen LogP contribution < -0.4 is 4.74 Å². The zero-order valence-corrected chi connectivity index (χ0v) is 21.1. The molecule has 0 aliphatic heterocycles. The molecule has 0 aliphatic rings. The predicted octanol–water partition coefficient (Wildman–Crippen LogP) is 5.78. The standard InChI is InChI=1S/C30H33FN2O2/c1-20-6-8-22(9-7-20)16-24-17-23-18-25(10-11-28(23)32-29(24)35-5)30(34,12-13-33(3)4)26-14-21(2)15-27(31)19-26/h6-11,14-15,17-19,34H,12-13,16H2,1-5H3. The highest BCUT2D eigenvalue weighted by molar-refractivity contribution is 5.81. The summed E-state index contributed by atoms with van der Waals surface area (Å²) >= 11 is 0. The highest BCUT2D eigenvalue weighted by Gasteiger charge is 2.32. The summed E-state index contributed by atoms with van der Waals surface area (Å²) in [7, 11) is 5.56. The van der Waals surface area contributed by atoms with Crippen LogP contribution in [0.2, 0.25) is 0 Å². The molecule has 182 valence electrons. The van der Waals surface area contributed by atoms with Crippen LogP contribution in [0.1, 0.15) is 39.8 Å². The van der Waals surface area contributed by atoms with E-state index in [-0.39, 0.29) is 5.82 Å². The van der Waals surface area contributed by atoms with Crippen LogP contribution in [0.25, 0.3) is 10.9 Å². The van der Waals surface area contributed by atoms with Crippen molar-refractivity contribution in [2.45, 2.75) is 32.3 Å². The number of aryl methyl sites for hydroxylation is 2. The Balaban J connectivity index is 1.81. The Morgan fingerprint density at radius 1 is 0.914 bits per heavy atom. The first-order chi connectivity index (χ1) is 16.7. The molecule has 0 aliphatic carbocycles. The molecule has 1 N–H and O–H groups in total. The topological polar surface area (TPSA) is 45.6 Å². The van der Waals surface area contributed by atoms with Gasteiger partial charge in [-0.1, -0.05) is 42.0 Å². The Labute approximate surface area is 207 Å². The van der Waals surface area contributed by atoms with Gasteiger partial charge in [0, 0.05) is 23.9 Å². The van der Waals surface area contributed by atoms with Crippen molar-refractivity contribution in [3.05, 3.63) is 106 Å². The zero-order valence-electron chi connectivity index (χ0n) is 21.1. The van der Waals surface area contributed by atoms with Crippen LogP contribution in [0, 0.1) is 19.7 Å². The lowest BCUT2D eigenvalue weighted by Crippen LogP contribution is -2.32. The fourth-order valence-electron chi connectivity index (χ4n) is 4.50. The minimum Gasteiger partial charge on any atom is -0.481 e. The summed E-state index contributed by atoms with van der Waals surface area (Å²) in [6, 6.07) is 21.0. The van der Waals surface area contributed by atoms with Crippen molar-refractivity contribution >= 4 is 10.9 Å². The van der Waals surface area contributed by atoms with Crippen molar-refractivity contribution in [1.29, 1.82) is 0 Å². The highest BCUT2D eigenvalue weighted by Crippen LogP contribution is 2.36. The van der Waals surface area contributed by atoms with E-state index in [9.17, 15) is 9.50 Å². The number of aliphatic hydroxyl groups is 1. The third kappa shape index (κ3) is 5.53. The van der Waals surface area contributed by atoms with Gasteiger partial charge in [-0.3, -0.25) is 0 Å². The van der Waals surface area contributed by atoms with E-state index in [0.29, 0.717) is 36.4 Å². The van der Waals surface area contributed by atoms with Crippen LogP contribution in [-0.2, 0) is 12.0 Å². The summed E-state index contributed by atoms with van der Waals surface area (Å²) in [4.78, 5) is 6.75. The van der Waals surface area contributed by atoms with Crippen molar-refractivity contribution in [2.24, 2.45) is 0 Å². The van der Waals surface area contributed by atoms with Gasteiger partial charge in [0.1, 0.15) is 11.4 Å². The Morgan fingerprint density at radius 3 is 2.31 bits per heavy atom. The quantitative estimate of drug-likeness (QED) is 0.353. The molecule has 0 bridgehead atoms. The number of fused-ring (bicyclic) bond motifs is 1. The summed E-state index contributed by atoms with van der Waals surface area (Å²) in [5.41, 5.74) is 4.83. The number of nitrogens with zero attached hydrogens (tertiary/aromatic N) is 2. The fourth-order valence-corrected chi connectivity index (χ4v) is 4.50. The second-order valence-electron chi connectivity index (χ2n) is 9.66. The average molecular weight is 473 g/mol. The van der Waals surface area contributed by atoms with Crippen LogP contribution in [0.4, 0.5) is 4.39 Å². The molecule has 3 aromatic carbocycles. The van der Waals surface area contributed by atoms with Crippen molar-refractivity contribution < 1.29 is 14.2 Å². The number of hydrogen-bond donors (Lipinski definition) is 1. The monoisotopic (exact) mass is 472 g/mol. The smallest absolute Gasteiger partial charge is 0.217 e. The lowest BCUT2D eigenvalue weighted by atomic mass is 9.82. The highest BCUT2D eigenvalue weighted by atomic mass is 19.1. The molecule has 35 heavy (non-hydrogen) atoms. The Kier molecular flexibility index (Phi) is 7.20. The summed E-state index contributed by atoms with van der Waals surface area (Å²) in [5.74, 6) is 0.241. The van der Waals surface area contributed by atoms with Crippen molar-refractivity contribution in [3.8, 4) is 5.88 Å². The van der Waals surface area contributed by atoms with E-state index in [1.54, 1.807) is 7.11 Å². The number of hydrogen-bond acceptors (Lipinski definition) is 4. The van der Waals surface area contributed by atoms with Gasteiger partial charge in [-0.05, 0) is 86.9 Å². The summed E-state index contributed by atoms with van der Waals surface area (Å²) in [6.07, 6.45) is 1.11. The molecule has 1 atom stereocenters. The molecule has 0 radical (unpaired) electrons. The molecular formula is C30H33FN2O2. The minimum absolute atomic E-state index is 0.351. The molecule has 4 aromatic rings. The first-order valence-corrected chi connectivity index (χ1v) is 11.9. The van der Waals surface area contributed by atoms with E-state index < -0.39 is 5.60 Å². The normalized spacial score (nSPS) is 13.3. The number of benzene rings is 3. The summed E-state index contributed by atoms with van der Waals surface area (Å²) < 4.78 is 19.9. The van der Waals surface area contributed by atoms with Crippen molar-refractivity contribution in [2.75, 3.05) is 27.7 Å². The fraction of sp³-hybridized carbons (Fsp3) is 0.300. The van der Waals surface area contributed by atoms with Crippen LogP contribution in [-0.4, -0.2) is 42.7 Å². The van der Waals surface area contributed by atoms with Gasteiger partial charge in [0.05, 0.1) is 12.6 Å². The molecule has 0 fully saturated rings. The van der Waals surface area contributed by atoms with Gasteiger partial charge in [0.2, 0.25) is 5.88 Å². The Bertz CT molecular complexity index is 1310. The maximum Gasteiger partial charge on any atom is 0.217 e.